The first-order valence-electron chi connectivity index (χ1n) is 9.00. The number of pyridine rings is 1. The minimum Gasteiger partial charge on any atom is -0.497 e. The zero-order valence-electron chi connectivity index (χ0n) is 16.7. The van der Waals surface area contributed by atoms with Gasteiger partial charge in [0.1, 0.15) is 28.1 Å². The van der Waals surface area contributed by atoms with Crippen molar-refractivity contribution in [3.63, 3.8) is 0 Å². The van der Waals surface area contributed by atoms with Crippen LogP contribution in [0.1, 0.15) is 12.5 Å². The van der Waals surface area contributed by atoms with E-state index in [1.54, 1.807) is 43.4 Å². The Balaban J connectivity index is 2.00. The van der Waals surface area contributed by atoms with E-state index in [4.69, 9.17) is 25.8 Å². The Morgan fingerprint density at radius 1 is 1.03 bits per heavy atom. The molecule has 8 heteroatoms. The Morgan fingerprint density at radius 2 is 1.73 bits per heavy atom. The number of aromatic nitrogens is 1. The van der Waals surface area contributed by atoms with Crippen molar-refractivity contribution in [1.29, 1.82) is 0 Å². The Labute approximate surface area is 193 Å². The number of amides is 1. The highest BCUT2D eigenvalue weighted by molar-refractivity contribution is 14.1. The van der Waals surface area contributed by atoms with Crippen LogP contribution in [0.3, 0.4) is 0 Å². The van der Waals surface area contributed by atoms with E-state index in [-0.39, 0.29) is 23.5 Å². The summed E-state index contributed by atoms with van der Waals surface area (Å²) in [5.74, 6) is 1.95. The maximum Gasteiger partial charge on any atom is 0.244 e. The van der Waals surface area contributed by atoms with Gasteiger partial charge in [0.25, 0.3) is 0 Å². The second kappa shape index (κ2) is 9.99. The van der Waals surface area contributed by atoms with E-state index < -0.39 is 0 Å². The Kier molecular flexibility index (Phi) is 7.38. The quantitative estimate of drug-likeness (QED) is 0.285. The number of carbonyl (C=O) groups excluding carboxylic acids is 1. The maximum atomic E-state index is 12.6. The highest BCUT2D eigenvalue weighted by atomic mass is 127. The topological polar surface area (TPSA) is 60.9 Å². The Bertz CT molecular complexity index is 1040. The van der Waals surface area contributed by atoms with Gasteiger partial charge in [-0.25, -0.2) is 0 Å². The van der Waals surface area contributed by atoms with Crippen molar-refractivity contribution in [2.24, 2.45) is 0 Å². The maximum absolute atomic E-state index is 12.6. The zero-order chi connectivity index (χ0) is 21.7. The average Bonchev–Trinajstić information content (AvgIpc) is 2.74. The van der Waals surface area contributed by atoms with E-state index in [2.05, 4.69) is 27.6 Å². The van der Waals surface area contributed by atoms with Gasteiger partial charge in [0.05, 0.1) is 20.8 Å². The first-order valence-corrected chi connectivity index (χ1v) is 10.5. The molecular formula is C22H20ClIN2O4. The fraction of sp³-hybridized carbons (Fsp3) is 0.182. The van der Waals surface area contributed by atoms with Crippen LogP contribution in [0.5, 0.6) is 23.1 Å². The Hall–Kier alpha value is -2.52. The van der Waals surface area contributed by atoms with Gasteiger partial charge in [-0.2, -0.15) is 4.98 Å². The van der Waals surface area contributed by atoms with Gasteiger partial charge in [-0.3, -0.25) is 4.79 Å². The smallest absolute Gasteiger partial charge is 0.244 e. The second-order valence-electron chi connectivity index (χ2n) is 6.30. The van der Waals surface area contributed by atoms with Crippen molar-refractivity contribution in [1.82, 2.24) is 4.98 Å². The van der Waals surface area contributed by atoms with Crippen LogP contribution in [0.4, 0.5) is 5.69 Å². The molecule has 0 unspecified atom stereocenters. The van der Waals surface area contributed by atoms with Gasteiger partial charge in [-0.15, -0.1) is 0 Å². The van der Waals surface area contributed by atoms with Gasteiger partial charge in [-0.1, -0.05) is 11.6 Å². The van der Waals surface area contributed by atoms with E-state index >= 15 is 0 Å². The fourth-order valence-electron chi connectivity index (χ4n) is 2.85. The van der Waals surface area contributed by atoms with Gasteiger partial charge in [-0.05, 0) is 77.2 Å². The first kappa shape index (κ1) is 22.2. The van der Waals surface area contributed by atoms with Crippen LogP contribution in [0.15, 0.2) is 54.6 Å². The monoisotopic (exact) mass is 538 g/mol. The molecule has 156 valence electrons. The number of hydrogen-bond donors (Lipinski definition) is 0. The third kappa shape index (κ3) is 5.34. The largest absolute Gasteiger partial charge is 0.497 e. The lowest BCUT2D eigenvalue weighted by Crippen LogP contribution is -2.28. The van der Waals surface area contributed by atoms with Crippen LogP contribution in [-0.4, -0.2) is 25.1 Å². The molecule has 0 aliphatic rings. The molecule has 2 aromatic carbocycles. The summed E-state index contributed by atoms with van der Waals surface area (Å²) in [6, 6.07) is 16.3. The molecule has 1 heterocycles. The normalized spacial score (nSPS) is 10.4. The van der Waals surface area contributed by atoms with Gasteiger partial charge in [0.2, 0.25) is 11.8 Å². The summed E-state index contributed by atoms with van der Waals surface area (Å²) in [5, 5.41) is 0.265. The molecule has 0 fully saturated rings. The molecule has 3 aromatic rings. The van der Waals surface area contributed by atoms with Crippen LogP contribution in [0, 0.1) is 3.57 Å². The van der Waals surface area contributed by atoms with Crippen molar-refractivity contribution in [3.8, 4) is 23.1 Å². The third-order valence-corrected chi connectivity index (χ3v) is 5.25. The molecule has 0 radical (unpaired) electrons. The highest BCUT2D eigenvalue weighted by Crippen LogP contribution is 2.35. The number of benzene rings is 2. The Morgan fingerprint density at radius 3 is 2.37 bits per heavy atom. The van der Waals surface area contributed by atoms with Gasteiger partial charge in [0, 0.05) is 16.1 Å². The SMILES string of the molecule is COc1ccc(OC)c(CN(C(C)=O)c2ccc(Cl)nc2Oc2ccc(I)cc2)c1. The number of nitrogens with zero attached hydrogens (tertiary/aromatic N) is 2. The lowest BCUT2D eigenvalue weighted by molar-refractivity contribution is -0.116. The van der Waals surface area contributed by atoms with E-state index in [0.29, 0.717) is 22.9 Å². The van der Waals surface area contributed by atoms with Crippen molar-refractivity contribution < 1.29 is 19.0 Å². The lowest BCUT2D eigenvalue weighted by atomic mass is 10.1. The minimum absolute atomic E-state index is 0.184. The predicted octanol–water partition coefficient (Wildman–Crippen LogP) is 5.70. The summed E-state index contributed by atoms with van der Waals surface area (Å²) < 4.78 is 17.8. The summed E-state index contributed by atoms with van der Waals surface area (Å²) in [4.78, 5) is 18.4. The van der Waals surface area contributed by atoms with E-state index in [1.165, 1.54) is 6.92 Å². The van der Waals surface area contributed by atoms with Crippen molar-refractivity contribution in [3.05, 3.63) is 68.9 Å². The average molecular weight is 539 g/mol. The summed E-state index contributed by atoms with van der Waals surface area (Å²) in [7, 11) is 3.17. The number of rotatable bonds is 7. The molecule has 0 aliphatic carbocycles. The summed E-state index contributed by atoms with van der Waals surface area (Å²) in [5.41, 5.74) is 1.28. The summed E-state index contributed by atoms with van der Waals surface area (Å²) in [6.07, 6.45) is 0. The molecule has 0 saturated heterocycles. The van der Waals surface area contributed by atoms with Gasteiger partial charge >= 0.3 is 0 Å². The third-order valence-electron chi connectivity index (χ3n) is 4.32. The molecule has 3 rings (SSSR count). The molecular weight excluding hydrogens is 519 g/mol. The van der Waals surface area contributed by atoms with Gasteiger partial charge < -0.3 is 19.1 Å². The molecule has 1 aromatic heterocycles. The van der Waals surface area contributed by atoms with E-state index in [1.807, 2.05) is 30.3 Å². The van der Waals surface area contributed by atoms with Crippen LogP contribution in [0.25, 0.3) is 0 Å². The zero-order valence-corrected chi connectivity index (χ0v) is 19.6. The number of anilines is 1. The fourth-order valence-corrected chi connectivity index (χ4v) is 3.35. The number of ether oxygens (including phenoxy) is 3. The molecule has 1 amide bonds. The second-order valence-corrected chi connectivity index (χ2v) is 7.93. The highest BCUT2D eigenvalue weighted by Gasteiger charge is 2.21. The van der Waals surface area contributed by atoms with Gasteiger partial charge in [0.15, 0.2) is 0 Å². The minimum atomic E-state index is -0.184. The van der Waals surface area contributed by atoms with Crippen molar-refractivity contribution in [2.45, 2.75) is 13.5 Å². The standard InChI is InChI=1S/C22H20ClIN2O4/c1-14(27)26(13-15-12-18(28-2)8-10-20(15)29-3)19-9-11-21(23)25-22(19)30-17-6-4-16(24)5-7-17/h4-12H,13H2,1-3H3. The number of carbonyl (C=O) groups is 1. The molecule has 0 atom stereocenters. The molecule has 30 heavy (non-hydrogen) atoms. The van der Waals surface area contributed by atoms with E-state index in [9.17, 15) is 4.79 Å². The molecule has 0 saturated carbocycles. The van der Waals surface area contributed by atoms with Crippen molar-refractivity contribution >= 4 is 45.8 Å². The molecule has 0 bridgehead atoms. The lowest BCUT2D eigenvalue weighted by Gasteiger charge is -2.24. The van der Waals surface area contributed by atoms with Crippen LogP contribution in [-0.2, 0) is 11.3 Å². The number of methoxy groups -OCH3 is 2. The molecule has 0 spiro atoms. The number of hydrogen-bond acceptors (Lipinski definition) is 5. The van der Waals surface area contributed by atoms with Crippen molar-refractivity contribution in [2.75, 3.05) is 19.1 Å². The predicted molar refractivity (Wildman–Crippen MR) is 125 cm³/mol. The van der Waals surface area contributed by atoms with Crippen LogP contribution in [0.2, 0.25) is 5.15 Å². The van der Waals surface area contributed by atoms with E-state index in [0.717, 1.165) is 9.13 Å². The number of halogens is 2. The first-order chi connectivity index (χ1) is 14.4. The molecule has 0 aliphatic heterocycles. The van der Waals surface area contributed by atoms with Crippen LogP contribution < -0.4 is 19.1 Å². The summed E-state index contributed by atoms with van der Waals surface area (Å²) in [6.45, 7) is 1.72. The molecule has 6 nitrogen and oxygen atoms in total. The molecule has 0 N–H and O–H groups in total. The summed E-state index contributed by atoms with van der Waals surface area (Å²) >= 11 is 8.32. The van der Waals surface area contributed by atoms with Crippen LogP contribution >= 0.6 is 34.2 Å².